The highest BCUT2D eigenvalue weighted by molar-refractivity contribution is 8.00. The number of carboxylic acid groups (broad SMARTS) is 1. The molecule has 17 heavy (non-hydrogen) atoms. The second-order valence-corrected chi connectivity index (χ2v) is 6.53. The molecular formula is C12H21NO3S. The van der Waals surface area contributed by atoms with Gasteiger partial charge in [0.05, 0.1) is 17.7 Å². The normalized spacial score (nSPS) is 18.3. The lowest BCUT2D eigenvalue weighted by molar-refractivity contribution is -0.139. The van der Waals surface area contributed by atoms with Crippen molar-refractivity contribution in [2.24, 2.45) is 0 Å². The van der Waals surface area contributed by atoms with Crippen molar-refractivity contribution in [3.8, 4) is 0 Å². The number of hydrogen-bond donors (Lipinski definition) is 2. The molecule has 1 rings (SSSR count). The lowest BCUT2D eigenvalue weighted by atomic mass is 9.93. The summed E-state index contributed by atoms with van der Waals surface area (Å²) in [5, 5.41) is 12.3. The molecule has 98 valence electrons. The lowest BCUT2D eigenvalue weighted by Crippen LogP contribution is -2.48. The third-order valence-corrected chi connectivity index (χ3v) is 4.10. The van der Waals surface area contributed by atoms with Crippen LogP contribution >= 0.6 is 11.8 Å². The quantitative estimate of drug-likeness (QED) is 0.766. The molecular weight excluding hydrogens is 238 g/mol. The number of carbonyl (C=O) groups excluding carboxylic acids is 1. The number of hydrogen-bond acceptors (Lipinski definition) is 3. The maximum absolute atomic E-state index is 11.8. The molecule has 0 aromatic carbocycles. The number of carboxylic acids is 1. The van der Waals surface area contributed by atoms with E-state index in [9.17, 15) is 9.59 Å². The molecule has 0 atom stereocenters. The number of carbonyl (C=O) groups is 2. The van der Waals surface area contributed by atoms with E-state index in [1.165, 1.54) is 0 Å². The van der Waals surface area contributed by atoms with Gasteiger partial charge in [-0.05, 0) is 18.1 Å². The molecule has 0 saturated heterocycles. The van der Waals surface area contributed by atoms with Gasteiger partial charge in [0, 0.05) is 0 Å². The van der Waals surface area contributed by atoms with Crippen LogP contribution in [-0.2, 0) is 9.59 Å². The molecule has 5 heteroatoms. The largest absolute Gasteiger partial charge is 0.481 e. The Morgan fingerprint density at radius 2 is 1.94 bits per heavy atom. The number of nitrogens with one attached hydrogen (secondary N) is 1. The zero-order valence-corrected chi connectivity index (χ0v) is 11.3. The van der Waals surface area contributed by atoms with Gasteiger partial charge in [0.25, 0.3) is 0 Å². The van der Waals surface area contributed by atoms with Crippen LogP contribution in [0.5, 0.6) is 0 Å². The van der Waals surface area contributed by atoms with Crippen molar-refractivity contribution in [1.82, 2.24) is 5.32 Å². The third-order valence-electron chi connectivity index (χ3n) is 3.00. The Hall–Kier alpha value is -0.710. The molecule has 1 amide bonds. The molecule has 1 aliphatic carbocycles. The molecule has 0 bridgehead atoms. The van der Waals surface area contributed by atoms with Crippen LogP contribution in [-0.4, -0.2) is 33.5 Å². The van der Waals surface area contributed by atoms with Crippen LogP contribution in [0.25, 0.3) is 0 Å². The fourth-order valence-electron chi connectivity index (χ4n) is 2.26. The van der Waals surface area contributed by atoms with Crippen LogP contribution in [0.2, 0.25) is 0 Å². The van der Waals surface area contributed by atoms with Gasteiger partial charge >= 0.3 is 5.97 Å². The van der Waals surface area contributed by atoms with Crippen LogP contribution in [0.1, 0.15) is 46.0 Å². The highest BCUT2D eigenvalue weighted by atomic mass is 32.2. The summed E-state index contributed by atoms with van der Waals surface area (Å²) < 4.78 is 0. The van der Waals surface area contributed by atoms with Gasteiger partial charge in [-0.15, -0.1) is 11.8 Å². The predicted octanol–water partition coefficient (Wildman–Crippen LogP) is 2.03. The number of thioether (sulfide) groups is 1. The van der Waals surface area contributed by atoms with Gasteiger partial charge in [0.1, 0.15) is 0 Å². The Morgan fingerprint density at radius 3 is 2.41 bits per heavy atom. The van der Waals surface area contributed by atoms with Crippen LogP contribution in [0.3, 0.4) is 0 Å². The highest BCUT2D eigenvalue weighted by Gasteiger charge is 2.37. The fraction of sp³-hybridized carbons (Fsp3) is 0.833. The summed E-state index contributed by atoms with van der Waals surface area (Å²) in [5.41, 5.74) is -0.486. The summed E-state index contributed by atoms with van der Waals surface area (Å²) >= 11 is 1.58. The first-order valence-electron chi connectivity index (χ1n) is 6.08. The first-order valence-corrected chi connectivity index (χ1v) is 7.13. The minimum absolute atomic E-state index is 0.0353. The second kappa shape index (κ2) is 6.28. The molecule has 4 nitrogen and oxygen atoms in total. The van der Waals surface area contributed by atoms with E-state index in [4.69, 9.17) is 5.11 Å². The van der Waals surface area contributed by atoms with Crippen LogP contribution in [0, 0.1) is 0 Å². The van der Waals surface area contributed by atoms with Crippen LogP contribution in [0.15, 0.2) is 0 Å². The number of amides is 1. The van der Waals surface area contributed by atoms with Gasteiger partial charge < -0.3 is 10.4 Å². The molecule has 0 unspecified atom stereocenters. The molecule has 0 spiro atoms. The van der Waals surface area contributed by atoms with Crippen molar-refractivity contribution in [1.29, 1.82) is 0 Å². The Kier molecular flexibility index (Phi) is 5.31. The van der Waals surface area contributed by atoms with E-state index in [0.29, 0.717) is 11.0 Å². The standard InChI is InChI=1S/C12H21NO3S/c1-9(2)17-8-10(14)13-12(7-11(15)16)5-3-4-6-12/h9H,3-8H2,1-2H3,(H,13,14)(H,15,16). The molecule has 0 aliphatic heterocycles. The van der Waals surface area contributed by atoms with E-state index in [1.807, 2.05) is 13.8 Å². The molecule has 1 fully saturated rings. The lowest BCUT2D eigenvalue weighted by Gasteiger charge is -2.28. The summed E-state index contributed by atoms with van der Waals surface area (Å²) in [6.45, 7) is 4.08. The molecule has 0 aromatic rings. The first kappa shape index (κ1) is 14.4. The highest BCUT2D eigenvalue weighted by Crippen LogP contribution is 2.32. The Labute approximate surface area is 107 Å². The molecule has 1 aliphatic rings. The predicted molar refractivity (Wildman–Crippen MR) is 69.2 cm³/mol. The third kappa shape index (κ3) is 4.98. The van der Waals surface area contributed by atoms with Gasteiger partial charge in [-0.3, -0.25) is 9.59 Å². The zero-order valence-electron chi connectivity index (χ0n) is 10.5. The van der Waals surface area contributed by atoms with Crippen LogP contribution in [0.4, 0.5) is 0 Å². The van der Waals surface area contributed by atoms with Crippen molar-refractivity contribution < 1.29 is 14.7 Å². The molecule has 2 N–H and O–H groups in total. The Morgan fingerprint density at radius 1 is 1.35 bits per heavy atom. The fourth-order valence-corrected chi connectivity index (χ4v) is 2.82. The maximum Gasteiger partial charge on any atom is 0.305 e. The van der Waals surface area contributed by atoms with Crippen molar-refractivity contribution in [3.63, 3.8) is 0 Å². The van der Waals surface area contributed by atoms with Gasteiger partial charge in [0.2, 0.25) is 5.91 Å². The van der Waals surface area contributed by atoms with Gasteiger partial charge in [-0.1, -0.05) is 26.7 Å². The van der Waals surface area contributed by atoms with E-state index in [2.05, 4.69) is 5.32 Å². The molecule has 1 saturated carbocycles. The van der Waals surface area contributed by atoms with E-state index >= 15 is 0 Å². The maximum atomic E-state index is 11.8. The smallest absolute Gasteiger partial charge is 0.305 e. The molecule has 0 aromatic heterocycles. The summed E-state index contributed by atoms with van der Waals surface area (Å²) in [4.78, 5) is 22.6. The van der Waals surface area contributed by atoms with E-state index in [-0.39, 0.29) is 12.3 Å². The van der Waals surface area contributed by atoms with E-state index in [0.717, 1.165) is 25.7 Å². The first-order chi connectivity index (χ1) is 7.93. The number of rotatable bonds is 6. The minimum Gasteiger partial charge on any atom is -0.481 e. The summed E-state index contributed by atoms with van der Waals surface area (Å²) in [5.74, 6) is -0.450. The van der Waals surface area contributed by atoms with E-state index < -0.39 is 11.5 Å². The van der Waals surface area contributed by atoms with Gasteiger partial charge in [-0.25, -0.2) is 0 Å². The topological polar surface area (TPSA) is 66.4 Å². The minimum atomic E-state index is -0.830. The summed E-state index contributed by atoms with van der Waals surface area (Å²) in [6, 6.07) is 0. The SMILES string of the molecule is CC(C)SCC(=O)NC1(CC(=O)O)CCCC1. The molecule has 0 heterocycles. The van der Waals surface area contributed by atoms with Crippen molar-refractivity contribution in [2.75, 3.05) is 5.75 Å². The van der Waals surface area contributed by atoms with Crippen molar-refractivity contribution in [3.05, 3.63) is 0 Å². The van der Waals surface area contributed by atoms with Gasteiger partial charge in [0.15, 0.2) is 0 Å². The average molecular weight is 259 g/mol. The summed E-state index contributed by atoms with van der Waals surface area (Å²) in [6.07, 6.45) is 3.63. The van der Waals surface area contributed by atoms with E-state index in [1.54, 1.807) is 11.8 Å². The van der Waals surface area contributed by atoms with Crippen molar-refractivity contribution >= 4 is 23.6 Å². The average Bonchev–Trinajstić information content (AvgIpc) is 2.62. The second-order valence-electron chi connectivity index (χ2n) is 4.97. The van der Waals surface area contributed by atoms with Crippen molar-refractivity contribution in [2.45, 2.75) is 56.7 Å². The van der Waals surface area contributed by atoms with Crippen LogP contribution < -0.4 is 5.32 Å². The van der Waals surface area contributed by atoms with Gasteiger partial charge in [-0.2, -0.15) is 0 Å². The summed E-state index contributed by atoms with van der Waals surface area (Å²) in [7, 11) is 0. The molecule has 0 radical (unpaired) electrons. The zero-order chi connectivity index (χ0) is 12.9. The Bertz CT molecular complexity index is 285. The Balaban J connectivity index is 2.49. The monoisotopic (exact) mass is 259 g/mol. The number of aliphatic carboxylic acids is 1.